The van der Waals surface area contributed by atoms with Gasteiger partial charge in [0.25, 0.3) is 0 Å². The Bertz CT molecular complexity index is 340. The molecular weight excluding hydrogens is 192 g/mol. The fourth-order valence-electron chi connectivity index (χ4n) is 1.71. The van der Waals surface area contributed by atoms with Crippen LogP contribution in [0, 0.1) is 0 Å². The van der Waals surface area contributed by atoms with E-state index in [1.54, 1.807) is 0 Å². The summed E-state index contributed by atoms with van der Waals surface area (Å²) >= 11 is 0. The second-order valence-electron chi connectivity index (χ2n) is 3.58. The van der Waals surface area contributed by atoms with Crippen LogP contribution in [0.2, 0.25) is 0 Å². The van der Waals surface area contributed by atoms with Crippen LogP contribution in [-0.4, -0.2) is 30.1 Å². The monoisotopic (exact) mass is 206 g/mol. The largest absolute Gasteiger partial charge is 0.386 e. The zero-order valence-electron chi connectivity index (χ0n) is 8.31. The Morgan fingerprint density at radius 3 is 2.67 bits per heavy atom. The van der Waals surface area contributed by atoms with Crippen molar-refractivity contribution in [2.24, 2.45) is 0 Å². The zero-order valence-corrected chi connectivity index (χ0v) is 8.31. The maximum atomic E-state index is 11.5. The molecule has 4 nitrogen and oxygen atoms in total. The Morgan fingerprint density at radius 2 is 2.00 bits per heavy atom. The molecule has 0 saturated carbocycles. The number of piperazine rings is 1. The van der Waals surface area contributed by atoms with Crippen molar-refractivity contribution >= 4 is 5.91 Å². The number of rotatable bonds is 2. The lowest BCUT2D eigenvalue weighted by atomic mass is 10.0. The average Bonchev–Trinajstić information content (AvgIpc) is 2.30. The second kappa shape index (κ2) is 4.42. The van der Waals surface area contributed by atoms with Gasteiger partial charge in [-0.2, -0.15) is 0 Å². The van der Waals surface area contributed by atoms with Crippen LogP contribution in [-0.2, 0) is 4.79 Å². The molecule has 1 amide bonds. The quantitative estimate of drug-likeness (QED) is 0.628. The number of aliphatic hydroxyl groups excluding tert-OH is 1. The van der Waals surface area contributed by atoms with Crippen LogP contribution in [0.5, 0.6) is 0 Å². The van der Waals surface area contributed by atoms with Gasteiger partial charge in [0.05, 0.1) is 0 Å². The first-order valence-corrected chi connectivity index (χ1v) is 5.03. The molecule has 1 aliphatic rings. The van der Waals surface area contributed by atoms with Crippen LogP contribution in [0.25, 0.3) is 0 Å². The fraction of sp³-hybridized carbons (Fsp3) is 0.364. The van der Waals surface area contributed by atoms with E-state index in [1.165, 1.54) is 0 Å². The van der Waals surface area contributed by atoms with Crippen molar-refractivity contribution in [1.82, 2.24) is 10.6 Å². The number of hydrogen-bond donors (Lipinski definition) is 3. The molecule has 0 spiro atoms. The van der Waals surface area contributed by atoms with Crippen LogP contribution in [0.3, 0.4) is 0 Å². The van der Waals surface area contributed by atoms with Gasteiger partial charge in [-0.3, -0.25) is 4.79 Å². The van der Waals surface area contributed by atoms with Gasteiger partial charge < -0.3 is 15.7 Å². The minimum Gasteiger partial charge on any atom is -0.386 e. The van der Waals surface area contributed by atoms with Crippen molar-refractivity contribution in [2.75, 3.05) is 13.1 Å². The third kappa shape index (κ3) is 2.16. The number of amides is 1. The molecule has 1 aromatic carbocycles. The van der Waals surface area contributed by atoms with Gasteiger partial charge in [0.1, 0.15) is 12.1 Å². The Kier molecular flexibility index (Phi) is 2.99. The Hall–Kier alpha value is -1.39. The predicted octanol–water partition coefficient (Wildman–Crippen LogP) is -0.192. The Labute approximate surface area is 88.3 Å². The summed E-state index contributed by atoms with van der Waals surface area (Å²) in [4.78, 5) is 11.5. The molecule has 0 radical (unpaired) electrons. The predicted molar refractivity (Wildman–Crippen MR) is 56.2 cm³/mol. The lowest BCUT2D eigenvalue weighted by Gasteiger charge is -2.27. The van der Waals surface area contributed by atoms with Crippen molar-refractivity contribution in [3.8, 4) is 0 Å². The molecule has 1 saturated heterocycles. The molecule has 3 N–H and O–H groups in total. The second-order valence-corrected chi connectivity index (χ2v) is 3.58. The van der Waals surface area contributed by atoms with Crippen LogP contribution >= 0.6 is 0 Å². The van der Waals surface area contributed by atoms with Crippen molar-refractivity contribution in [1.29, 1.82) is 0 Å². The topological polar surface area (TPSA) is 61.4 Å². The third-order valence-corrected chi connectivity index (χ3v) is 2.53. The molecular formula is C11H14N2O2. The Balaban J connectivity index is 2.13. The van der Waals surface area contributed by atoms with E-state index in [-0.39, 0.29) is 5.91 Å². The standard InChI is InChI=1S/C11H14N2O2/c14-10(8-4-2-1-3-5-8)9-11(15)13-7-6-12-9/h1-5,9-10,12,14H,6-7H2,(H,13,15). The van der Waals surface area contributed by atoms with E-state index in [0.29, 0.717) is 13.1 Å². The summed E-state index contributed by atoms with van der Waals surface area (Å²) in [5.74, 6) is -0.141. The maximum Gasteiger partial charge on any atom is 0.240 e. The summed E-state index contributed by atoms with van der Waals surface area (Å²) in [5, 5.41) is 15.7. The van der Waals surface area contributed by atoms with E-state index in [9.17, 15) is 9.90 Å². The summed E-state index contributed by atoms with van der Waals surface area (Å²) in [7, 11) is 0. The molecule has 1 aromatic rings. The molecule has 80 valence electrons. The van der Waals surface area contributed by atoms with Gasteiger partial charge in [0.15, 0.2) is 0 Å². The molecule has 0 aromatic heterocycles. The molecule has 2 rings (SSSR count). The van der Waals surface area contributed by atoms with Crippen LogP contribution in [0.4, 0.5) is 0 Å². The van der Waals surface area contributed by atoms with Gasteiger partial charge >= 0.3 is 0 Å². The van der Waals surface area contributed by atoms with E-state index >= 15 is 0 Å². The third-order valence-electron chi connectivity index (χ3n) is 2.53. The molecule has 1 aliphatic heterocycles. The first-order valence-electron chi connectivity index (χ1n) is 5.03. The SMILES string of the molecule is O=C1NCCNC1C(O)c1ccccc1. The highest BCUT2D eigenvalue weighted by Crippen LogP contribution is 2.17. The highest BCUT2D eigenvalue weighted by Gasteiger charge is 2.29. The number of aliphatic hydroxyl groups is 1. The summed E-state index contributed by atoms with van der Waals surface area (Å²) in [6, 6.07) is 8.66. The number of hydrogen-bond acceptors (Lipinski definition) is 3. The van der Waals surface area contributed by atoms with Crippen LogP contribution < -0.4 is 10.6 Å². The van der Waals surface area contributed by atoms with E-state index in [4.69, 9.17) is 0 Å². The van der Waals surface area contributed by atoms with E-state index in [1.807, 2.05) is 30.3 Å². The Morgan fingerprint density at radius 1 is 1.27 bits per heavy atom. The highest BCUT2D eigenvalue weighted by molar-refractivity contribution is 5.83. The van der Waals surface area contributed by atoms with Gasteiger partial charge in [0.2, 0.25) is 5.91 Å². The fourth-order valence-corrected chi connectivity index (χ4v) is 1.71. The molecule has 1 fully saturated rings. The van der Waals surface area contributed by atoms with Gasteiger partial charge in [-0.1, -0.05) is 30.3 Å². The van der Waals surface area contributed by atoms with Crippen molar-refractivity contribution < 1.29 is 9.90 Å². The maximum absolute atomic E-state index is 11.5. The first kappa shape index (κ1) is 10.1. The van der Waals surface area contributed by atoms with Gasteiger partial charge in [-0.15, -0.1) is 0 Å². The van der Waals surface area contributed by atoms with E-state index in [2.05, 4.69) is 10.6 Å². The molecule has 0 aliphatic carbocycles. The molecule has 4 heteroatoms. The molecule has 2 unspecified atom stereocenters. The average molecular weight is 206 g/mol. The van der Waals surface area contributed by atoms with E-state index < -0.39 is 12.1 Å². The minimum atomic E-state index is -0.786. The van der Waals surface area contributed by atoms with Crippen molar-refractivity contribution in [2.45, 2.75) is 12.1 Å². The van der Waals surface area contributed by atoms with Crippen LogP contribution in [0.15, 0.2) is 30.3 Å². The highest BCUT2D eigenvalue weighted by atomic mass is 16.3. The smallest absolute Gasteiger partial charge is 0.240 e. The molecule has 1 heterocycles. The molecule has 2 atom stereocenters. The summed E-state index contributed by atoms with van der Waals surface area (Å²) < 4.78 is 0. The minimum absolute atomic E-state index is 0.141. The number of benzene rings is 1. The van der Waals surface area contributed by atoms with Crippen molar-refractivity contribution in [3.05, 3.63) is 35.9 Å². The summed E-state index contributed by atoms with van der Waals surface area (Å²) in [6.45, 7) is 1.32. The normalized spacial score (nSPS) is 23.3. The van der Waals surface area contributed by atoms with Crippen molar-refractivity contribution in [3.63, 3.8) is 0 Å². The van der Waals surface area contributed by atoms with Gasteiger partial charge in [0, 0.05) is 13.1 Å². The number of carbonyl (C=O) groups is 1. The number of nitrogens with one attached hydrogen (secondary N) is 2. The summed E-state index contributed by atoms with van der Waals surface area (Å²) in [5.41, 5.74) is 0.757. The first-order chi connectivity index (χ1) is 7.29. The van der Waals surface area contributed by atoms with E-state index in [0.717, 1.165) is 5.56 Å². The summed E-state index contributed by atoms with van der Waals surface area (Å²) in [6.07, 6.45) is -0.786. The number of carbonyl (C=O) groups excluding carboxylic acids is 1. The van der Waals surface area contributed by atoms with Gasteiger partial charge in [-0.25, -0.2) is 0 Å². The van der Waals surface area contributed by atoms with Crippen LogP contribution in [0.1, 0.15) is 11.7 Å². The van der Waals surface area contributed by atoms with Gasteiger partial charge in [-0.05, 0) is 5.56 Å². The lowest BCUT2D eigenvalue weighted by Crippen LogP contribution is -2.55. The zero-order chi connectivity index (χ0) is 10.7. The molecule has 15 heavy (non-hydrogen) atoms. The molecule has 0 bridgehead atoms. The lowest BCUT2D eigenvalue weighted by molar-refractivity contribution is -0.127.